The first-order valence-corrected chi connectivity index (χ1v) is 8.64. The second-order valence-electron chi connectivity index (χ2n) is 5.70. The number of amidine groups is 1. The zero-order valence-corrected chi connectivity index (χ0v) is 14.3. The maximum Gasteiger partial charge on any atom is 0.407 e. The summed E-state index contributed by atoms with van der Waals surface area (Å²) in [7, 11) is 0. The van der Waals surface area contributed by atoms with E-state index in [9.17, 15) is 4.79 Å². The highest BCUT2D eigenvalue weighted by Gasteiger charge is 2.21. The average molecular weight is 344 g/mol. The highest BCUT2D eigenvalue weighted by Crippen LogP contribution is 2.26. The highest BCUT2D eigenvalue weighted by molar-refractivity contribution is 7.12. The van der Waals surface area contributed by atoms with Crippen molar-refractivity contribution in [1.29, 1.82) is 0 Å². The lowest BCUT2D eigenvalue weighted by atomic mass is 10.1. The zero-order valence-electron chi connectivity index (χ0n) is 13.5. The number of rotatable bonds is 3. The van der Waals surface area contributed by atoms with E-state index in [2.05, 4.69) is 9.89 Å². The van der Waals surface area contributed by atoms with E-state index in [1.165, 1.54) is 4.90 Å². The molecule has 0 aliphatic carbocycles. The van der Waals surface area contributed by atoms with Crippen LogP contribution in [0.2, 0.25) is 0 Å². The number of benzene rings is 1. The van der Waals surface area contributed by atoms with Crippen LogP contribution >= 0.6 is 11.3 Å². The number of piperazine rings is 1. The van der Waals surface area contributed by atoms with Gasteiger partial charge in [-0.05, 0) is 42.1 Å². The van der Waals surface area contributed by atoms with Gasteiger partial charge in [-0.1, -0.05) is 6.07 Å². The Hall–Kier alpha value is -2.54. The van der Waals surface area contributed by atoms with Crippen LogP contribution in [0.4, 0.5) is 16.2 Å². The third-order valence-corrected chi connectivity index (χ3v) is 4.99. The summed E-state index contributed by atoms with van der Waals surface area (Å²) in [6, 6.07) is 9.90. The number of thiophene rings is 1. The molecule has 0 bridgehead atoms. The van der Waals surface area contributed by atoms with Gasteiger partial charge in [0.15, 0.2) is 0 Å². The number of aryl methyl sites for hydroxylation is 1. The van der Waals surface area contributed by atoms with Crippen LogP contribution in [0, 0.1) is 6.92 Å². The van der Waals surface area contributed by atoms with E-state index in [4.69, 9.17) is 10.8 Å². The second kappa shape index (κ2) is 6.92. The molecule has 1 aliphatic rings. The van der Waals surface area contributed by atoms with Crippen molar-refractivity contribution < 1.29 is 9.90 Å². The third kappa shape index (κ3) is 3.51. The zero-order chi connectivity index (χ0) is 17.1. The predicted octanol–water partition coefficient (Wildman–Crippen LogP) is 2.89. The first-order chi connectivity index (χ1) is 11.5. The Labute approximate surface area is 144 Å². The number of carboxylic acid groups (broad SMARTS) is 1. The van der Waals surface area contributed by atoms with E-state index < -0.39 is 6.09 Å². The molecule has 1 aromatic heterocycles. The molecule has 3 rings (SSSR count). The summed E-state index contributed by atoms with van der Waals surface area (Å²) in [5.41, 5.74) is 9.09. The number of amides is 1. The normalized spacial score (nSPS) is 15.6. The van der Waals surface area contributed by atoms with Gasteiger partial charge in [-0.2, -0.15) is 0 Å². The molecule has 2 aromatic rings. The monoisotopic (exact) mass is 344 g/mol. The van der Waals surface area contributed by atoms with Crippen LogP contribution in [0.1, 0.15) is 10.4 Å². The van der Waals surface area contributed by atoms with Crippen molar-refractivity contribution >= 4 is 34.6 Å². The molecule has 0 radical (unpaired) electrons. The molecular formula is C17H20N4O2S. The standard InChI is InChI=1S/C17H20N4O2S/c1-12-11-13(19-16(18)15-3-2-10-24-15)4-5-14(12)20-6-8-21(9-7-20)17(22)23/h2-5,10-11H,6-9H2,1H3,(H2,18,19)(H,22,23). The smallest absolute Gasteiger partial charge is 0.407 e. The van der Waals surface area contributed by atoms with Gasteiger partial charge in [-0.3, -0.25) is 0 Å². The molecule has 0 unspecified atom stereocenters. The first-order valence-electron chi connectivity index (χ1n) is 7.76. The van der Waals surface area contributed by atoms with E-state index in [0.29, 0.717) is 32.0 Å². The van der Waals surface area contributed by atoms with Crippen LogP contribution in [0.25, 0.3) is 0 Å². The number of nitrogens with two attached hydrogens (primary N) is 1. The number of hydrogen-bond acceptors (Lipinski definition) is 4. The quantitative estimate of drug-likeness (QED) is 0.662. The molecular weight excluding hydrogens is 324 g/mol. The number of nitrogens with zero attached hydrogens (tertiary/aromatic N) is 3. The summed E-state index contributed by atoms with van der Waals surface area (Å²) in [5.74, 6) is 0.521. The Morgan fingerprint density at radius 2 is 2.00 bits per heavy atom. The lowest BCUT2D eigenvalue weighted by molar-refractivity contribution is 0.142. The Morgan fingerprint density at radius 3 is 2.58 bits per heavy atom. The molecule has 1 aromatic carbocycles. The van der Waals surface area contributed by atoms with Gasteiger partial charge >= 0.3 is 6.09 Å². The summed E-state index contributed by atoms with van der Waals surface area (Å²) in [4.78, 5) is 20.1. The lowest BCUT2D eigenvalue weighted by Gasteiger charge is -2.35. The molecule has 1 saturated heterocycles. The molecule has 1 amide bonds. The van der Waals surface area contributed by atoms with E-state index in [0.717, 1.165) is 21.8 Å². The average Bonchev–Trinajstić information content (AvgIpc) is 3.10. The SMILES string of the molecule is Cc1cc(N=C(N)c2cccs2)ccc1N1CCN(C(=O)O)CC1. The number of aliphatic imine (C=N–C) groups is 1. The fourth-order valence-corrected chi connectivity index (χ4v) is 3.45. The van der Waals surface area contributed by atoms with Crippen LogP contribution in [-0.4, -0.2) is 48.1 Å². The molecule has 24 heavy (non-hydrogen) atoms. The molecule has 3 N–H and O–H groups in total. The van der Waals surface area contributed by atoms with Gasteiger partial charge in [0, 0.05) is 31.9 Å². The Balaban J connectivity index is 1.74. The summed E-state index contributed by atoms with van der Waals surface area (Å²) in [5, 5.41) is 11.0. The fraction of sp³-hybridized carbons (Fsp3) is 0.294. The minimum atomic E-state index is -0.847. The van der Waals surface area contributed by atoms with E-state index in [1.807, 2.05) is 42.6 Å². The molecule has 6 nitrogen and oxygen atoms in total. The van der Waals surface area contributed by atoms with Crippen molar-refractivity contribution in [2.45, 2.75) is 6.92 Å². The second-order valence-corrected chi connectivity index (χ2v) is 6.65. The van der Waals surface area contributed by atoms with E-state index in [-0.39, 0.29) is 0 Å². The fourth-order valence-electron chi connectivity index (χ4n) is 2.82. The summed E-state index contributed by atoms with van der Waals surface area (Å²) in [6.07, 6.45) is -0.847. The molecule has 1 aliphatic heterocycles. The summed E-state index contributed by atoms with van der Waals surface area (Å²) in [6.45, 7) is 4.50. The largest absolute Gasteiger partial charge is 0.465 e. The Bertz CT molecular complexity index is 750. The number of carbonyl (C=O) groups is 1. The molecule has 0 saturated carbocycles. The lowest BCUT2D eigenvalue weighted by Crippen LogP contribution is -2.48. The molecule has 0 spiro atoms. The maximum absolute atomic E-state index is 11.0. The van der Waals surface area contributed by atoms with Crippen LogP contribution in [0.5, 0.6) is 0 Å². The summed E-state index contributed by atoms with van der Waals surface area (Å²) >= 11 is 1.57. The van der Waals surface area contributed by atoms with E-state index >= 15 is 0 Å². The summed E-state index contributed by atoms with van der Waals surface area (Å²) < 4.78 is 0. The highest BCUT2D eigenvalue weighted by atomic mass is 32.1. The van der Waals surface area contributed by atoms with Crippen molar-refractivity contribution in [3.63, 3.8) is 0 Å². The maximum atomic E-state index is 11.0. The van der Waals surface area contributed by atoms with Gasteiger partial charge in [0.1, 0.15) is 5.84 Å². The third-order valence-electron chi connectivity index (χ3n) is 4.09. The van der Waals surface area contributed by atoms with Crippen molar-refractivity contribution in [2.24, 2.45) is 10.7 Å². The van der Waals surface area contributed by atoms with Gasteiger partial charge in [0.2, 0.25) is 0 Å². The van der Waals surface area contributed by atoms with Gasteiger partial charge in [0.05, 0.1) is 10.6 Å². The van der Waals surface area contributed by atoms with Crippen molar-refractivity contribution in [2.75, 3.05) is 31.1 Å². The van der Waals surface area contributed by atoms with Crippen molar-refractivity contribution in [1.82, 2.24) is 4.90 Å². The van der Waals surface area contributed by atoms with Crippen LogP contribution in [0.15, 0.2) is 40.7 Å². The first kappa shape index (κ1) is 16.3. The van der Waals surface area contributed by atoms with Gasteiger partial charge in [0.25, 0.3) is 0 Å². The Kier molecular flexibility index (Phi) is 4.71. The number of hydrogen-bond donors (Lipinski definition) is 2. The van der Waals surface area contributed by atoms with Gasteiger partial charge in [-0.25, -0.2) is 9.79 Å². The Morgan fingerprint density at radius 1 is 1.25 bits per heavy atom. The van der Waals surface area contributed by atoms with Crippen molar-refractivity contribution in [3.05, 3.63) is 46.2 Å². The predicted molar refractivity (Wildman–Crippen MR) is 97.7 cm³/mol. The van der Waals surface area contributed by atoms with Crippen LogP contribution in [0.3, 0.4) is 0 Å². The van der Waals surface area contributed by atoms with Crippen LogP contribution in [-0.2, 0) is 0 Å². The molecule has 126 valence electrons. The topological polar surface area (TPSA) is 82.2 Å². The van der Waals surface area contributed by atoms with Gasteiger partial charge in [-0.15, -0.1) is 11.3 Å². The van der Waals surface area contributed by atoms with E-state index in [1.54, 1.807) is 11.3 Å². The minimum Gasteiger partial charge on any atom is -0.465 e. The molecule has 2 heterocycles. The van der Waals surface area contributed by atoms with Crippen LogP contribution < -0.4 is 10.6 Å². The van der Waals surface area contributed by atoms with Crippen molar-refractivity contribution in [3.8, 4) is 0 Å². The van der Waals surface area contributed by atoms with Gasteiger partial charge < -0.3 is 20.6 Å². The molecule has 0 atom stereocenters. The molecule has 7 heteroatoms. The minimum absolute atomic E-state index is 0.521. The number of anilines is 1. The molecule has 1 fully saturated rings.